The molecule has 226 valence electrons. The monoisotopic (exact) mass is 649 g/mol. The molecule has 5 nitrogen and oxygen atoms in total. The maximum atomic E-state index is 10.8. The van der Waals surface area contributed by atoms with E-state index in [0.29, 0.717) is 26.5 Å². The smallest absolute Gasteiger partial charge is 0.137 e. The summed E-state index contributed by atoms with van der Waals surface area (Å²) in [5, 5.41) is 8.64. The van der Waals surface area contributed by atoms with Crippen molar-refractivity contribution in [1.82, 2.24) is 15.5 Å². The average molecular weight is 652 g/mol. The lowest BCUT2D eigenvalue weighted by atomic mass is 9.98. The Kier molecular flexibility index (Phi) is 14.3. The number of hydrogen-bond acceptors (Lipinski definition) is 5. The Morgan fingerprint density at radius 2 is 1.50 bits per heavy atom. The Labute approximate surface area is 269 Å². The fourth-order valence-electron chi connectivity index (χ4n) is 4.84. The third-order valence-corrected chi connectivity index (χ3v) is 8.85. The van der Waals surface area contributed by atoms with E-state index in [9.17, 15) is 9.59 Å². The molecular formula is C33H39Cl4N3O2. The molecule has 1 atom stereocenters. The summed E-state index contributed by atoms with van der Waals surface area (Å²) in [5.41, 5.74) is 2.96. The molecule has 1 unspecified atom stereocenters. The average Bonchev–Trinajstić information content (AvgIpc) is 3.79. The van der Waals surface area contributed by atoms with E-state index >= 15 is 0 Å². The van der Waals surface area contributed by atoms with Gasteiger partial charge in [0, 0.05) is 32.7 Å². The molecule has 3 aromatic carbocycles. The van der Waals surface area contributed by atoms with Gasteiger partial charge >= 0.3 is 0 Å². The molecular weight excluding hydrogens is 612 g/mol. The van der Waals surface area contributed by atoms with Gasteiger partial charge in [0.2, 0.25) is 0 Å². The molecule has 1 saturated carbocycles. The third-order valence-electron chi connectivity index (χ3n) is 7.72. The van der Waals surface area contributed by atoms with E-state index in [1.807, 2.05) is 12.1 Å². The van der Waals surface area contributed by atoms with Crippen LogP contribution < -0.4 is 10.6 Å². The number of carbonyl (C=O) groups is 2. The second-order valence-corrected chi connectivity index (χ2v) is 12.4. The summed E-state index contributed by atoms with van der Waals surface area (Å²) in [6, 6.07) is 21.8. The number of carbonyl (C=O) groups excluding carboxylic acids is 2. The molecule has 2 aliphatic rings. The minimum Gasteiger partial charge on any atom is -0.317 e. The highest BCUT2D eigenvalue weighted by atomic mass is 35.5. The van der Waals surface area contributed by atoms with Gasteiger partial charge in [0.15, 0.2) is 0 Å². The van der Waals surface area contributed by atoms with Crippen LogP contribution in [-0.4, -0.2) is 56.7 Å². The number of hydrogen-bond donors (Lipinski definition) is 2. The molecule has 0 spiro atoms. The summed E-state index contributed by atoms with van der Waals surface area (Å²) in [5.74, 6) is 0. The van der Waals surface area contributed by atoms with Gasteiger partial charge in [-0.25, -0.2) is 0 Å². The normalized spacial score (nSPS) is 16.7. The summed E-state index contributed by atoms with van der Waals surface area (Å²) < 4.78 is 0. The van der Waals surface area contributed by atoms with Gasteiger partial charge in [0.25, 0.3) is 0 Å². The number of nitrogens with zero attached hydrogens (tertiary/aromatic N) is 1. The molecule has 42 heavy (non-hydrogen) atoms. The molecule has 2 N–H and O–H groups in total. The molecule has 1 saturated heterocycles. The summed E-state index contributed by atoms with van der Waals surface area (Å²) in [6.07, 6.45) is 6.80. The minimum atomic E-state index is -0.304. The lowest BCUT2D eigenvalue weighted by molar-refractivity contribution is -0.110. The van der Waals surface area contributed by atoms with E-state index in [1.165, 1.54) is 31.5 Å². The van der Waals surface area contributed by atoms with Gasteiger partial charge in [-0.15, -0.1) is 0 Å². The Morgan fingerprint density at radius 1 is 0.881 bits per heavy atom. The molecule has 1 aliphatic heterocycles. The number of nitrogens with one attached hydrogen (secondary N) is 2. The van der Waals surface area contributed by atoms with Gasteiger partial charge in [0.05, 0.1) is 11.5 Å². The lowest BCUT2D eigenvalue weighted by Gasteiger charge is -2.31. The van der Waals surface area contributed by atoms with Gasteiger partial charge in [-0.1, -0.05) is 88.9 Å². The van der Waals surface area contributed by atoms with Crippen LogP contribution in [0.2, 0.25) is 20.1 Å². The topological polar surface area (TPSA) is 61.4 Å². The Morgan fingerprint density at radius 3 is 2.00 bits per heavy atom. The highest BCUT2D eigenvalue weighted by Gasteiger charge is 2.45. The van der Waals surface area contributed by atoms with E-state index in [-0.39, 0.29) is 11.5 Å². The Bertz CT molecular complexity index is 1280. The third kappa shape index (κ3) is 10.6. The molecule has 0 amide bonds. The summed E-state index contributed by atoms with van der Waals surface area (Å²) in [7, 11) is 3.81. The van der Waals surface area contributed by atoms with Crippen LogP contribution >= 0.6 is 46.4 Å². The van der Waals surface area contributed by atoms with Crippen LogP contribution in [0.1, 0.15) is 42.4 Å². The first-order valence-electron chi connectivity index (χ1n) is 14.2. The SMILES string of the molecule is CNC(C=O)Cc1ccc(Cl)cc1Cl.CNC1CCN(Cc2ccccc2)CC1.O=CC1(c2ccc(Cl)cc2Cl)CC1. The second kappa shape index (κ2) is 17.4. The fourth-order valence-corrected chi connectivity index (χ4v) is 5.92. The predicted octanol–water partition coefficient (Wildman–Crippen LogP) is 7.42. The first kappa shape index (κ1) is 34.5. The second-order valence-electron chi connectivity index (χ2n) is 10.7. The van der Waals surface area contributed by atoms with Crippen molar-refractivity contribution >= 4 is 59.0 Å². The van der Waals surface area contributed by atoms with Crippen molar-refractivity contribution in [2.75, 3.05) is 27.2 Å². The van der Waals surface area contributed by atoms with Gasteiger partial charge in [0.1, 0.15) is 12.6 Å². The van der Waals surface area contributed by atoms with Crippen molar-refractivity contribution < 1.29 is 9.59 Å². The number of benzene rings is 3. The maximum absolute atomic E-state index is 10.8. The molecule has 1 aliphatic carbocycles. The van der Waals surface area contributed by atoms with Crippen LogP contribution in [0, 0.1) is 0 Å². The first-order chi connectivity index (χ1) is 20.2. The van der Waals surface area contributed by atoms with Gasteiger partial charge in [-0.05, 0) is 100 Å². The first-order valence-corrected chi connectivity index (χ1v) is 15.7. The zero-order valence-electron chi connectivity index (χ0n) is 24.1. The number of likely N-dealkylation sites (tertiary alicyclic amines) is 1. The lowest BCUT2D eigenvalue weighted by Crippen LogP contribution is -2.40. The van der Waals surface area contributed by atoms with Crippen molar-refractivity contribution in [3.05, 3.63) is 104 Å². The number of likely N-dealkylation sites (N-methyl/N-ethyl adjacent to an activating group) is 1. The van der Waals surface area contributed by atoms with Gasteiger partial charge in [-0.2, -0.15) is 0 Å². The van der Waals surface area contributed by atoms with Crippen LogP contribution in [0.4, 0.5) is 0 Å². The van der Waals surface area contributed by atoms with Crippen LogP contribution in [0.15, 0.2) is 66.7 Å². The quantitative estimate of drug-likeness (QED) is 0.236. The van der Waals surface area contributed by atoms with Gasteiger partial charge < -0.3 is 20.2 Å². The fraction of sp³-hybridized carbons (Fsp3) is 0.394. The number of halogens is 4. The van der Waals surface area contributed by atoms with E-state index in [2.05, 4.69) is 52.9 Å². The van der Waals surface area contributed by atoms with Crippen LogP contribution in [0.5, 0.6) is 0 Å². The number of aldehydes is 2. The summed E-state index contributed by atoms with van der Waals surface area (Å²) >= 11 is 23.5. The van der Waals surface area contributed by atoms with Crippen LogP contribution in [-0.2, 0) is 28.0 Å². The molecule has 0 aromatic heterocycles. The van der Waals surface area contributed by atoms with E-state index < -0.39 is 0 Å². The summed E-state index contributed by atoms with van der Waals surface area (Å²) in [6.45, 7) is 3.55. The van der Waals surface area contributed by atoms with Crippen molar-refractivity contribution in [2.45, 2.75) is 56.1 Å². The zero-order chi connectivity index (χ0) is 30.5. The van der Waals surface area contributed by atoms with Crippen molar-refractivity contribution in [2.24, 2.45) is 0 Å². The minimum absolute atomic E-state index is 0.200. The van der Waals surface area contributed by atoms with Gasteiger partial charge in [-0.3, -0.25) is 4.90 Å². The van der Waals surface area contributed by atoms with E-state index in [1.54, 1.807) is 31.3 Å². The van der Waals surface area contributed by atoms with Crippen LogP contribution in [0.3, 0.4) is 0 Å². The highest BCUT2D eigenvalue weighted by molar-refractivity contribution is 6.35. The van der Waals surface area contributed by atoms with Crippen molar-refractivity contribution in [1.29, 1.82) is 0 Å². The molecule has 1 heterocycles. The highest BCUT2D eigenvalue weighted by Crippen LogP contribution is 2.49. The van der Waals surface area contributed by atoms with Crippen LogP contribution in [0.25, 0.3) is 0 Å². The molecule has 5 rings (SSSR count). The zero-order valence-corrected chi connectivity index (χ0v) is 27.1. The van der Waals surface area contributed by atoms with Crippen molar-refractivity contribution in [3.63, 3.8) is 0 Å². The Hall–Kier alpha value is -1.96. The maximum Gasteiger partial charge on any atom is 0.137 e. The Balaban J connectivity index is 0.000000173. The number of piperidine rings is 1. The molecule has 9 heteroatoms. The molecule has 2 fully saturated rings. The summed E-state index contributed by atoms with van der Waals surface area (Å²) in [4.78, 5) is 24.0. The standard InChI is InChI=1S/C13H20N2.C10H11Cl2NO.C10H8Cl2O/c1-14-13-7-9-15(10-8-13)11-12-5-3-2-4-6-12;1-13-9(6-14)4-7-2-3-8(11)5-10(7)12;11-7-1-2-8(9(12)5-7)10(6-13)3-4-10/h2-6,13-14H,7-11H2,1H3;2-3,5-6,9,13H,4H2,1H3;1-2,5-6H,3-4H2. The predicted molar refractivity (Wildman–Crippen MR) is 176 cm³/mol. The van der Waals surface area contributed by atoms with E-state index in [4.69, 9.17) is 46.4 Å². The molecule has 0 bridgehead atoms. The molecule has 3 aromatic rings. The number of rotatable bonds is 9. The molecule has 0 radical (unpaired) electrons. The van der Waals surface area contributed by atoms with Crippen molar-refractivity contribution in [3.8, 4) is 0 Å². The van der Waals surface area contributed by atoms with E-state index in [0.717, 1.165) is 49.1 Å². The largest absolute Gasteiger partial charge is 0.317 e.